The summed E-state index contributed by atoms with van der Waals surface area (Å²) in [4.78, 5) is 4.33. The standard InChI is InChI=1S/C11H9N3S/c1-2-7-14(6-1)13-11-9-4-8-15-10(9)3-5-12-11/h1-8H,(H,12,13). The fourth-order valence-electron chi connectivity index (χ4n) is 1.52. The smallest absolute Gasteiger partial charge is 0.153 e. The molecule has 0 aliphatic carbocycles. The Balaban J connectivity index is 2.07. The first-order valence-electron chi connectivity index (χ1n) is 4.66. The number of fused-ring (bicyclic) bond motifs is 1. The Labute approximate surface area is 91.0 Å². The molecule has 1 N–H and O–H groups in total. The molecule has 3 rings (SSSR count). The number of nitrogens with zero attached hydrogens (tertiary/aromatic N) is 2. The lowest BCUT2D eigenvalue weighted by Crippen LogP contribution is -2.07. The molecular formula is C11H9N3S. The third kappa shape index (κ3) is 1.49. The van der Waals surface area contributed by atoms with Gasteiger partial charge in [0.25, 0.3) is 0 Å². The van der Waals surface area contributed by atoms with Crippen LogP contribution >= 0.6 is 11.3 Å². The maximum absolute atomic E-state index is 4.33. The highest BCUT2D eigenvalue weighted by molar-refractivity contribution is 7.17. The van der Waals surface area contributed by atoms with Crippen LogP contribution in [0.4, 0.5) is 5.82 Å². The number of aromatic nitrogens is 2. The molecular weight excluding hydrogens is 206 g/mol. The van der Waals surface area contributed by atoms with E-state index in [0.717, 1.165) is 11.2 Å². The monoisotopic (exact) mass is 215 g/mol. The Kier molecular flexibility index (Phi) is 1.93. The van der Waals surface area contributed by atoms with E-state index in [1.165, 1.54) is 4.70 Å². The van der Waals surface area contributed by atoms with E-state index in [2.05, 4.69) is 21.9 Å². The highest BCUT2D eigenvalue weighted by Crippen LogP contribution is 2.25. The normalized spacial score (nSPS) is 10.7. The van der Waals surface area contributed by atoms with Gasteiger partial charge in [0.1, 0.15) is 0 Å². The number of anilines is 1. The van der Waals surface area contributed by atoms with Gasteiger partial charge in [-0.15, -0.1) is 11.3 Å². The Bertz CT molecular complexity index is 568. The summed E-state index contributed by atoms with van der Waals surface area (Å²) in [5.74, 6) is 0.893. The molecule has 0 aliphatic heterocycles. The molecule has 0 bridgehead atoms. The molecule has 0 aliphatic rings. The average Bonchev–Trinajstić information content (AvgIpc) is 2.87. The maximum Gasteiger partial charge on any atom is 0.153 e. The third-order valence-corrected chi connectivity index (χ3v) is 3.10. The Morgan fingerprint density at radius 3 is 2.93 bits per heavy atom. The zero-order chi connectivity index (χ0) is 10.1. The van der Waals surface area contributed by atoms with Gasteiger partial charge in [-0.05, 0) is 29.6 Å². The van der Waals surface area contributed by atoms with Gasteiger partial charge < -0.3 is 0 Å². The summed E-state index contributed by atoms with van der Waals surface area (Å²) < 4.78 is 3.14. The first-order chi connectivity index (χ1) is 7.43. The second-order valence-corrected chi connectivity index (χ2v) is 4.14. The van der Waals surface area contributed by atoms with Crippen molar-refractivity contribution in [1.82, 2.24) is 9.66 Å². The van der Waals surface area contributed by atoms with Gasteiger partial charge in [0, 0.05) is 28.7 Å². The number of pyridine rings is 1. The molecule has 3 aromatic heterocycles. The van der Waals surface area contributed by atoms with Gasteiger partial charge in [-0.25, -0.2) is 4.98 Å². The van der Waals surface area contributed by atoms with Crippen molar-refractivity contribution in [3.05, 3.63) is 48.2 Å². The summed E-state index contributed by atoms with van der Waals surface area (Å²) in [7, 11) is 0. The summed E-state index contributed by atoms with van der Waals surface area (Å²) in [6, 6.07) is 8.06. The van der Waals surface area contributed by atoms with Crippen molar-refractivity contribution in [3.63, 3.8) is 0 Å². The van der Waals surface area contributed by atoms with Crippen molar-refractivity contribution in [3.8, 4) is 0 Å². The van der Waals surface area contributed by atoms with Gasteiger partial charge in [-0.1, -0.05) is 0 Å². The minimum atomic E-state index is 0.893. The molecule has 74 valence electrons. The lowest BCUT2D eigenvalue weighted by atomic mass is 10.3. The molecule has 3 aromatic rings. The Morgan fingerprint density at radius 2 is 2.07 bits per heavy atom. The van der Waals surface area contributed by atoms with Gasteiger partial charge in [0.2, 0.25) is 0 Å². The molecule has 3 nitrogen and oxygen atoms in total. The van der Waals surface area contributed by atoms with Crippen molar-refractivity contribution in [2.45, 2.75) is 0 Å². The largest absolute Gasteiger partial charge is 0.278 e. The molecule has 0 unspecified atom stereocenters. The Morgan fingerprint density at radius 1 is 1.20 bits per heavy atom. The van der Waals surface area contributed by atoms with E-state index in [0.29, 0.717) is 0 Å². The van der Waals surface area contributed by atoms with Crippen LogP contribution in [0.15, 0.2) is 48.2 Å². The van der Waals surface area contributed by atoms with Crippen LogP contribution in [0, 0.1) is 0 Å². The fraction of sp³-hybridized carbons (Fsp3) is 0. The molecule has 0 aromatic carbocycles. The minimum absolute atomic E-state index is 0.893. The van der Waals surface area contributed by atoms with Gasteiger partial charge in [0.05, 0.1) is 0 Å². The molecule has 15 heavy (non-hydrogen) atoms. The van der Waals surface area contributed by atoms with Crippen molar-refractivity contribution in [2.24, 2.45) is 0 Å². The summed E-state index contributed by atoms with van der Waals surface area (Å²) in [6.07, 6.45) is 5.73. The lowest BCUT2D eigenvalue weighted by molar-refractivity contribution is 0.958. The first kappa shape index (κ1) is 8.49. The van der Waals surface area contributed by atoms with E-state index in [4.69, 9.17) is 0 Å². The van der Waals surface area contributed by atoms with Gasteiger partial charge in [-0.3, -0.25) is 10.1 Å². The average molecular weight is 215 g/mol. The highest BCUT2D eigenvalue weighted by atomic mass is 32.1. The van der Waals surface area contributed by atoms with Crippen molar-refractivity contribution in [2.75, 3.05) is 5.43 Å². The zero-order valence-electron chi connectivity index (χ0n) is 7.92. The molecule has 3 heterocycles. The molecule has 0 radical (unpaired) electrons. The van der Waals surface area contributed by atoms with Crippen LogP contribution in [0.1, 0.15) is 0 Å². The van der Waals surface area contributed by atoms with Gasteiger partial charge in [-0.2, -0.15) is 0 Å². The van der Waals surface area contributed by atoms with Crippen LogP contribution in [-0.4, -0.2) is 9.66 Å². The molecule has 0 amide bonds. The molecule has 0 saturated carbocycles. The van der Waals surface area contributed by atoms with E-state index in [9.17, 15) is 0 Å². The highest BCUT2D eigenvalue weighted by Gasteiger charge is 2.02. The second-order valence-electron chi connectivity index (χ2n) is 3.19. The van der Waals surface area contributed by atoms with E-state index >= 15 is 0 Å². The van der Waals surface area contributed by atoms with E-state index < -0.39 is 0 Å². The maximum atomic E-state index is 4.33. The van der Waals surface area contributed by atoms with Crippen molar-refractivity contribution < 1.29 is 0 Å². The summed E-state index contributed by atoms with van der Waals surface area (Å²) in [5, 5.41) is 3.24. The van der Waals surface area contributed by atoms with Crippen LogP contribution in [0.2, 0.25) is 0 Å². The first-order valence-corrected chi connectivity index (χ1v) is 5.54. The van der Waals surface area contributed by atoms with Crippen LogP contribution in [0.25, 0.3) is 10.1 Å². The van der Waals surface area contributed by atoms with Gasteiger partial charge >= 0.3 is 0 Å². The molecule has 0 fully saturated rings. The van der Waals surface area contributed by atoms with E-state index in [1.54, 1.807) is 11.3 Å². The summed E-state index contributed by atoms with van der Waals surface area (Å²) in [6.45, 7) is 0. The zero-order valence-corrected chi connectivity index (χ0v) is 8.74. The molecule has 0 saturated heterocycles. The predicted octanol–water partition coefficient (Wildman–Crippen LogP) is 2.97. The topological polar surface area (TPSA) is 29.9 Å². The number of hydrogen-bond donors (Lipinski definition) is 1. The third-order valence-electron chi connectivity index (χ3n) is 2.22. The molecule has 0 spiro atoms. The number of rotatable bonds is 2. The van der Waals surface area contributed by atoms with E-state index in [-0.39, 0.29) is 0 Å². The number of hydrogen-bond acceptors (Lipinski definition) is 3. The lowest BCUT2D eigenvalue weighted by Gasteiger charge is -2.06. The molecule has 0 atom stereocenters. The van der Waals surface area contributed by atoms with E-state index in [1.807, 2.05) is 41.5 Å². The molecule has 4 heteroatoms. The van der Waals surface area contributed by atoms with Crippen molar-refractivity contribution >= 4 is 27.2 Å². The minimum Gasteiger partial charge on any atom is -0.278 e. The summed E-state index contributed by atoms with van der Waals surface area (Å²) in [5.41, 5.74) is 3.23. The quantitative estimate of drug-likeness (QED) is 0.712. The summed E-state index contributed by atoms with van der Waals surface area (Å²) >= 11 is 1.72. The second kappa shape index (κ2) is 3.40. The fourth-order valence-corrected chi connectivity index (χ4v) is 2.30. The number of nitrogens with one attached hydrogen (secondary N) is 1. The van der Waals surface area contributed by atoms with Crippen LogP contribution < -0.4 is 5.43 Å². The Hall–Kier alpha value is -1.81. The van der Waals surface area contributed by atoms with Crippen LogP contribution in [0.3, 0.4) is 0 Å². The van der Waals surface area contributed by atoms with Crippen LogP contribution in [-0.2, 0) is 0 Å². The number of thiophene rings is 1. The van der Waals surface area contributed by atoms with Gasteiger partial charge in [0.15, 0.2) is 5.82 Å². The SMILES string of the molecule is c1ccn(Nc2nccc3sccc23)c1. The van der Waals surface area contributed by atoms with Crippen molar-refractivity contribution in [1.29, 1.82) is 0 Å². The van der Waals surface area contributed by atoms with Crippen LogP contribution in [0.5, 0.6) is 0 Å². The predicted molar refractivity (Wildman–Crippen MR) is 63.1 cm³/mol.